The normalized spacial score (nSPS) is 15.2. The molecule has 0 saturated carbocycles. The monoisotopic (exact) mass is 396 g/mol. The molecule has 2 aliphatic rings. The van der Waals surface area contributed by atoms with Crippen molar-refractivity contribution in [3.8, 4) is 0 Å². The summed E-state index contributed by atoms with van der Waals surface area (Å²) in [6, 6.07) is 30.0. The van der Waals surface area contributed by atoms with Crippen LogP contribution in [0.1, 0.15) is 12.8 Å². The smallest absolute Gasteiger partial charge is 0.0953 e. The number of para-hydroxylation sites is 4. The molecule has 0 aliphatic carbocycles. The summed E-state index contributed by atoms with van der Waals surface area (Å²) in [6.45, 7) is 4.05. The fraction of sp³-hybridized carbons (Fsp3) is 0.231. The minimum atomic E-state index is 0.925. The molecule has 30 heavy (non-hydrogen) atoms. The number of benzene rings is 3. The van der Waals surface area contributed by atoms with Crippen molar-refractivity contribution in [2.45, 2.75) is 12.8 Å². The maximum Gasteiger partial charge on any atom is 0.0953 e. The lowest BCUT2D eigenvalue weighted by atomic mass is 10.2. The summed E-state index contributed by atoms with van der Waals surface area (Å²) in [5.41, 5.74) is 5.17. The molecular formula is C26H28N4. The molecule has 0 fully saturated rings. The van der Waals surface area contributed by atoms with Gasteiger partial charge in [0.25, 0.3) is 0 Å². The Morgan fingerprint density at radius 3 is 1.97 bits per heavy atom. The van der Waals surface area contributed by atoms with Gasteiger partial charge in [-0.3, -0.25) is 0 Å². The first kappa shape index (κ1) is 18.6. The van der Waals surface area contributed by atoms with Crippen LogP contribution in [-0.4, -0.2) is 31.3 Å². The molecule has 0 unspecified atom stereocenters. The first-order chi connectivity index (χ1) is 14.9. The van der Waals surface area contributed by atoms with Crippen LogP contribution in [0.15, 0.2) is 97.3 Å². The number of rotatable bonds is 7. The molecule has 4 heteroatoms. The average molecular weight is 397 g/mol. The molecule has 0 aromatic heterocycles. The molecule has 0 spiro atoms. The predicted octanol–water partition coefficient (Wildman–Crippen LogP) is 5.63. The quantitative estimate of drug-likeness (QED) is 0.480. The van der Waals surface area contributed by atoms with Gasteiger partial charge < -0.3 is 19.6 Å². The van der Waals surface area contributed by atoms with Crippen LogP contribution in [0.4, 0.5) is 22.7 Å². The molecule has 5 rings (SSSR count). The van der Waals surface area contributed by atoms with Gasteiger partial charge in [-0.1, -0.05) is 48.5 Å². The molecule has 3 aromatic rings. The van der Waals surface area contributed by atoms with Crippen molar-refractivity contribution in [3.05, 3.63) is 97.3 Å². The molecular weight excluding hydrogens is 368 g/mol. The standard InChI is InChI=1S/C26H28N4/c1-3-11-23(12-4-1)28-20-19-27(21-28)17-9-10-18-29-22-30(24-13-5-2-6-14-24)26-16-8-7-15-25(26)29/h1-8,11-16,19-20H,9-10,17-18,21-22H2. The van der Waals surface area contributed by atoms with Crippen molar-refractivity contribution in [1.29, 1.82) is 0 Å². The maximum atomic E-state index is 2.51. The summed E-state index contributed by atoms with van der Waals surface area (Å²) in [4.78, 5) is 9.63. The Labute approximate surface area is 179 Å². The van der Waals surface area contributed by atoms with Gasteiger partial charge in [0, 0.05) is 36.9 Å². The second-order valence-electron chi connectivity index (χ2n) is 7.92. The first-order valence-electron chi connectivity index (χ1n) is 10.8. The zero-order valence-corrected chi connectivity index (χ0v) is 17.3. The van der Waals surface area contributed by atoms with Gasteiger partial charge in [-0.05, 0) is 49.2 Å². The molecule has 0 amide bonds. The van der Waals surface area contributed by atoms with Crippen LogP contribution in [0.25, 0.3) is 0 Å². The second-order valence-corrected chi connectivity index (χ2v) is 7.92. The van der Waals surface area contributed by atoms with E-state index in [0.29, 0.717) is 0 Å². The van der Waals surface area contributed by atoms with Gasteiger partial charge in [-0.25, -0.2) is 0 Å². The Kier molecular flexibility index (Phi) is 5.30. The third kappa shape index (κ3) is 3.86. The zero-order chi connectivity index (χ0) is 20.2. The highest BCUT2D eigenvalue weighted by molar-refractivity contribution is 5.82. The lowest BCUT2D eigenvalue weighted by Gasteiger charge is -2.23. The number of unbranched alkanes of at least 4 members (excludes halogenated alkanes) is 1. The molecule has 152 valence electrons. The third-order valence-electron chi connectivity index (χ3n) is 5.90. The van der Waals surface area contributed by atoms with Crippen molar-refractivity contribution in [2.24, 2.45) is 0 Å². The van der Waals surface area contributed by atoms with Gasteiger partial charge in [-0.2, -0.15) is 0 Å². The number of fused-ring (bicyclic) bond motifs is 1. The number of hydrogen-bond donors (Lipinski definition) is 0. The zero-order valence-electron chi connectivity index (χ0n) is 17.3. The van der Waals surface area contributed by atoms with E-state index in [2.05, 4.69) is 117 Å². The van der Waals surface area contributed by atoms with Crippen LogP contribution in [-0.2, 0) is 0 Å². The Hall–Kier alpha value is -3.40. The number of hydrogen-bond acceptors (Lipinski definition) is 4. The minimum absolute atomic E-state index is 0.925. The van der Waals surface area contributed by atoms with E-state index in [1.165, 1.54) is 35.6 Å². The Morgan fingerprint density at radius 1 is 0.567 bits per heavy atom. The van der Waals surface area contributed by atoms with Crippen LogP contribution in [0, 0.1) is 0 Å². The lowest BCUT2D eigenvalue weighted by molar-refractivity contribution is 0.393. The summed E-state index contributed by atoms with van der Waals surface area (Å²) >= 11 is 0. The lowest BCUT2D eigenvalue weighted by Crippen LogP contribution is -2.30. The van der Waals surface area contributed by atoms with Crippen molar-refractivity contribution >= 4 is 22.7 Å². The molecule has 0 radical (unpaired) electrons. The van der Waals surface area contributed by atoms with Crippen molar-refractivity contribution in [2.75, 3.05) is 41.1 Å². The highest BCUT2D eigenvalue weighted by Crippen LogP contribution is 2.40. The molecule has 4 nitrogen and oxygen atoms in total. The molecule has 2 heterocycles. The molecule has 0 atom stereocenters. The summed E-state index contributed by atoms with van der Waals surface area (Å²) in [7, 11) is 0. The van der Waals surface area contributed by atoms with E-state index in [-0.39, 0.29) is 0 Å². The maximum absolute atomic E-state index is 2.51. The van der Waals surface area contributed by atoms with E-state index in [9.17, 15) is 0 Å². The van der Waals surface area contributed by atoms with Crippen LogP contribution in [0.3, 0.4) is 0 Å². The van der Waals surface area contributed by atoms with Gasteiger partial charge >= 0.3 is 0 Å². The van der Waals surface area contributed by atoms with Gasteiger partial charge in [0.1, 0.15) is 0 Å². The van der Waals surface area contributed by atoms with Crippen LogP contribution >= 0.6 is 0 Å². The van der Waals surface area contributed by atoms with E-state index in [4.69, 9.17) is 0 Å². The minimum Gasteiger partial charge on any atom is -0.358 e. The van der Waals surface area contributed by atoms with Crippen LogP contribution in [0.2, 0.25) is 0 Å². The van der Waals surface area contributed by atoms with E-state index < -0.39 is 0 Å². The largest absolute Gasteiger partial charge is 0.358 e. The molecule has 0 N–H and O–H groups in total. The third-order valence-corrected chi connectivity index (χ3v) is 5.90. The Balaban J connectivity index is 1.14. The van der Waals surface area contributed by atoms with E-state index in [0.717, 1.165) is 26.4 Å². The van der Waals surface area contributed by atoms with Crippen molar-refractivity contribution in [3.63, 3.8) is 0 Å². The highest BCUT2D eigenvalue weighted by atomic mass is 15.4. The van der Waals surface area contributed by atoms with E-state index >= 15 is 0 Å². The van der Waals surface area contributed by atoms with E-state index in [1.807, 2.05) is 0 Å². The van der Waals surface area contributed by atoms with Gasteiger partial charge in [0.15, 0.2) is 0 Å². The summed E-state index contributed by atoms with van der Waals surface area (Å²) in [5, 5.41) is 0. The summed E-state index contributed by atoms with van der Waals surface area (Å²) < 4.78 is 0. The van der Waals surface area contributed by atoms with Crippen LogP contribution in [0.5, 0.6) is 0 Å². The first-order valence-corrected chi connectivity index (χ1v) is 10.8. The molecule has 0 bridgehead atoms. The Morgan fingerprint density at radius 2 is 1.20 bits per heavy atom. The van der Waals surface area contributed by atoms with Crippen LogP contribution < -0.4 is 14.7 Å². The fourth-order valence-electron chi connectivity index (χ4n) is 4.32. The average Bonchev–Trinajstić information content (AvgIpc) is 3.43. The number of anilines is 4. The molecule has 3 aromatic carbocycles. The van der Waals surface area contributed by atoms with Gasteiger partial charge in [-0.15, -0.1) is 0 Å². The predicted molar refractivity (Wildman–Crippen MR) is 126 cm³/mol. The van der Waals surface area contributed by atoms with Crippen molar-refractivity contribution in [1.82, 2.24) is 4.90 Å². The SMILES string of the molecule is C1=CN(c2ccccc2)CN1CCCCN1CN(c2ccccc2)c2ccccc21. The summed E-state index contributed by atoms with van der Waals surface area (Å²) in [5.74, 6) is 0. The van der Waals surface area contributed by atoms with Gasteiger partial charge in [0.2, 0.25) is 0 Å². The van der Waals surface area contributed by atoms with Gasteiger partial charge in [0.05, 0.1) is 24.7 Å². The fourth-order valence-corrected chi connectivity index (χ4v) is 4.32. The topological polar surface area (TPSA) is 13.0 Å². The molecule has 2 aliphatic heterocycles. The van der Waals surface area contributed by atoms with Crippen molar-refractivity contribution < 1.29 is 0 Å². The van der Waals surface area contributed by atoms with E-state index in [1.54, 1.807) is 0 Å². The molecule has 0 saturated heterocycles. The summed E-state index contributed by atoms with van der Waals surface area (Å²) in [6.07, 6.45) is 6.78. The Bertz CT molecular complexity index is 986. The highest BCUT2D eigenvalue weighted by Gasteiger charge is 2.25. The number of nitrogens with zero attached hydrogens (tertiary/aromatic N) is 4. The second kappa shape index (κ2) is 8.54.